The van der Waals surface area contributed by atoms with Crippen molar-refractivity contribution in [3.63, 3.8) is 0 Å². The maximum Gasteiger partial charge on any atom is 0.335 e. The second kappa shape index (κ2) is 17.2. The second-order valence-corrected chi connectivity index (χ2v) is 13.2. The van der Waals surface area contributed by atoms with Gasteiger partial charge in [0, 0.05) is 30.7 Å². The van der Waals surface area contributed by atoms with Gasteiger partial charge in [-0.05, 0) is 41.7 Å². The van der Waals surface area contributed by atoms with Crippen LogP contribution in [0.25, 0.3) is 6.08 Å². The van der Waals surface area contributed by atoms with Crippen molar-refractivity contribution >= 4 is 35.5 Å². The van der Waals surface area contributed by atoms with Crippen molar-refractivity contribution in [3.05, 3.63) is 82.9 Å². The Morgan fingerprint density at radius 3 is 2.49 bits per heavy atom. The number of cyclic esters (lactones) is 1. The summed E-state index contributed by atoms with van der Waals surface area (Å²) >= 11 is 6.33. The first-order valence-electron chi connectivity index (χ1n) is 15.5. The predicted molar refractivity (Wildman–Crippen MR) is 178 cm³/mol. The Kier molecular flexibility index (Phi) is 13.7. The van der Waals surface area contributed by atoms with Crippen LogP contribution in [-0.2, 0) is 30.3 Å². The minimum atomic E-state index is -0.855. The number of benzene rings is 2. The number of nitrogens with one attached hydrogen (secondary N) is 2. The SMILES string of the molecule is COc1ccc(C[C@H]2NC(=O)/C=C/C[C@@H]([C@H](C)/C=C/c3ccccc3)OC(=O)[C@H](CC(C)C)OCC(C)(C)CNC2=O)cc1Cl. The number of hydrogen-bond acceptors (Lipinski definition) is 6. The summed E-state index contributed by atoms with van der Waals surface area (Å²) in [7, 11) is 1.53. The van der Waals surface area contributed by atoms with Crippen LogP contribution in [-0.4, -0.2) is 56.3 Å². The average molecular weight is 639 g/mol. The highest BCUT2D eigenvalue weighted by molar-refractivity contribution is 6.32. The number of carbonyl (C=O) groups excluding carboxylic acids is 3. The van der Waals surface area contributed by atoms with Crippen molar-refractivity contribution in [2.45, 2.75) is 72.1 Å². The van der Waals surface area contributed by atoms with E-state index in [9.17, 15) is 14.4 Å². The van der Waals surface area contributed by atoms with Gasteiger partial charge in [-0.25, -0.2) is 4.79 Å². The van der Waals surface area contributed by atoms with Crippen LogP contribution in [0.4, 0.5) is 0 Å². The van der Waals surface area contributed by atoms with E-state index in [0.717, 1.165) is 11.1 Å². The molecule has 0 saturated carbocycles. The summed E-state index contributed by atoms with van der Waals surface area (Å²) in [6.45, 7) is 10.4. The van der Waals surface area contributed by atoms with E-state index in [2.05, 4.69) is 10.6 Å². The van der Waals surface area contributed by atoms with E-state index in [1.54, 1.807) is 18.2 Å². The van der Waals surface area contributed by atoms with Gasteiger partial charge in [0.1, 0.15) is 17.9 Å². The summed E-state index contributed by atoms with van der Waals surface area (Å²) in [5.74, 6) is -0.637. The van der Waals surface area contributed by atoms with E-state index in [1.807, 2.05) is 83.2 Å². The lowest BCUT2D eigenvalue weighted by molar-refractivity contribution is -0.167. The summed E-state index contributed by atoms with van der Waals surface area (Å²) < 4.78 is 17.5. The molecule has 0 radical (unpaired) electrons. The summed E-state index contributed by atoms with van der Waals surface area (Å²) in [6, 6.07) is 14.3. The van der Waals surface area contributed by atoms with E-state index in [0.29, 0.717) is 23.6 Å². The van der Waals surface area contributed by atoms with Crippen molar-refractivity contribution in [2.75, 3.05) is 20.3 Å². The molecule has 3 rings (SSSR count). The number of halogens is 1. The number of hydrogen-bond donors (Lipinski definition) is 2. The molecule has 2 aromatic carbocycles. The van der Waals surface area contributed by atoms with Crippen molar-refractivity contribution < 1.29 is 28.6 Å². The first-order chi connectivity index (χ1) is 21.4. The third-order valence-corrected chi connectivity index (χ3v) is 7.83. The number of amides is 2. The molecule has 0 aromatic heterocycles. The molecule has 0 bridgehead atoms. The maximum atomic E-state index is 13.5. The molecule has 1 aliphatic rings. The first kappa shape index (κ1) is 35.9. The highest BCUT2D eigenvalue weighted by Gasteiger charge is 2.31. The van der Waals surface area contributed by atoms with Gasteiger partial charge < -0.3 is 24.8 Å². The molecule has 0 fully saturated rings. The van der Waals surface area contributed by atoms with Gasteiger partial charge >= 0.3 is 5.97 Å². The molecule has 8 nitrogen and oxygen atoms in total. The Morgan fingerprint density at radius 2 is 1.82 bits per heavy atom. The molecule has 2 N–H and O–H groups in total. The zero-order chi connectivity index (χ0) is 33.0. The first-order valence-corrected chi connectivity index (χ1v) is 15.9. The van der Waals surface area contributed by atoms with Crippen LogP contribution in [0.2, 0.25) is 5.02 Å². The lowest BCUT2D eigenvalue weighted by Crippen LogP contribution is -2.50. The Labute approximate surface area is 272 Å². The van der Waals surface area contributed by atoms with Gasteiger partial charge in [-0.2, -0.15) is 0 Å². The molecule has 2 aromatic rings. The fraction of sp³-hybridized carbons (Fsp3) is 0.472. The molecule has 4 atom stereocenters. The molecule has 2 amide bonds. The standard InChI is InChI=1S/C36H47ClN2O6/c1-24(2)19-32-35(42)45-30(25(3)15-16-26-11-8-7-9-12-26)13-10-14-33(40)39-29(34(41)38-22-36(4,5)23-44-32)21-27-17-18-31(43-6)28(37)20-27/h7-12,14-18,20,24-25,29-30,32H,13,19,21-23H2,1-6H3,(H,38,41)(H,39,40)/b14-10+,16-15+/t25-,29-,30+,32+/m1/s1. The Hall–Kier alpha value is -3.62. The van der Waals surface area contributed by atoms with Crippen LogP contribution in [0.5, 0.6) is 5.75 Å². The molecule has 0 spiro atoms. The fourth-order valence-corrected chi connectivity index (χ4v) is 5.12. The van der Waals surface area contributed by atoms with Crippen molar-refractivity contribution in [3.8, 4) is 5.75 Å². The van der Waals surface area contributed by atoms with Crippen LogP contribution in [0, 0.1) is 17.3 Å². The lowest BCUT2D eigenvalue weighted by Gasteiger charge is -2.30. The molecule has 1 aliphatic heterocycles. The molecule has 0 saturated heterocycles. The van der Waals surface area contributed by atoms with Gasteiger partial charge in [-0.1, -0.05) is 101 Å². The van der Waals surface area contributed by atoms with Gasteiger partial charge in [0.2, 0.25) is 11.8 Å². The smallest absolute Gasteiger partial charge is 0.335 e. The third kappa shape index (κ3) is 12.0. The quantitative estimate of drug-likeness (QED) is 0.335. The molecule has 0 unspecified atom stereocenters. The Bertz CT molecular complexity index is 1340. The fourth-order valence-electron chi connectivity index (χ4n) is 4.84. The van der Waals surface area contributed by atoms with Crippen LogP contribution in [0.15, 0.2) is 66.8 Å². The van der Waals surface area contributed by atoms with Gasteiger partial charge in [-0.3, -0.25) is 9.59 Å². The normalized spacial score (nSPS) is 23.2. The third-order valence-electron chi connectivity index (χ3n) is 7.54. The van der Waals surface area contributed by atoms with Crippen LogP contribution in [0.3, 0.4) is 0 Å². The maximum absolute atomic E-state index is 13.5. The second-order valence-electron chi connectivity index (χ2n) is 12.8. The number of rotatable bonds is 8. The van der Waals surface area contributed by atoms with Crippen molar-refractivity contribution in [1.29, 1.82) is 0 Å². The van der Waals surface area contributed by atoms with Gasteiger partial charge in [0.05, 0.1) is 18.7 Å². The summed E-state index contributed by atoms with van der Waals surface area (Å²) in [5, 5.41) is 6.21. The number of ether oxygens (including phenoxy) is 3. The highest BCUT2D eigenvalue weighted by Crippen LogP contribution is 2.26. The minimum Gasteiger partial charge on any atom is -0.495 e. The molecule has 0 aliphatic carbocycles. The Balaban J connectivity index is 1.89. The lowest BCUT2D eigenvalue weighted by atomic mass is 9.94. The molecule has 244 valence electrons. The highest BCUT2D eigenvalue weighted by atomic mass is 35.5. The molecular weight excluding hydrogens is 592 g/mol. The van der Waals surface area contributed by atoms with Gasteiger partial charge in [-0.15, -0.1) is 0 Å². The van der Waals surface area contributed by atoms with Crippen molar-refractivity contribution in [1.82, 2.24) is 10.6 Å². The largest absolute Gasteiger partial charge is 0.495 e. The predicted octanol–water partition coefficient (Wildman–Crippen LogP) is 6.17. The molecule has 45 heavy (non-hydrogen) atoms. The number of carbonyl (C=O) groups is 3. The topological polar surface area (TPSA) is 103 Å². The zero-order valence-corrected chi connectivity index (χ0v) is 27.9. The zero-order valence-electron chi connectivity index (χ0n) is 27.2. The van der Waals surface area contributed by atoms with Crippen molar-refractivity contribution in [2.24, 2.45) is 17.3 Å². The van der Waals surface area contributed by atoms with E-state index in [-0.39, 0.29) is 37.3 Å². The monoisotopic (exact) mass is 638 g/mol. The minimum absolute atomic E-state index is 0.157. The molecule has 1 heterocycles. The summed E-state index contributed by atoms with van der Waals surface area (Å²) in [6.07, 6.45) is 6.76. The van der Waals surface area contributed by atoms with E-state index < -0.39 is 35.5 Å². The van der Waals surface area contributed by atoms with E-state index in [1.165, 1.54) is 13.2 Å². The number of methoxy groups -OCH3 is 1. The molecular formula is C36H47ClN2O6. The van der Waals surface area contributed by atoms with Gasteiger partial charge in [0.25, 0.3) is 0 Å². The van der Waals surface area contributed by atoms with Crippen LogP contribution < -0.4 is 15.4 Å². The summed E-state index contributed by atoms with van der Waals surface area (Å²) in [4.78, 5) is 40.0. The summed E-state index contributed by atoms with van der Waals surface area (Å²) in [5.41, 5.74) is 1.29. The van der Waals surface area contributed by atoms with Crippen LogP contribution in [0.1, 0.15) is 58.6 Å². The van der Waals surface area contributed by atoms with Crippen LogP contribution >= 0.6 is 11.6 Å². The number of esters is 1. The van der Waals surface area contributed by atoms with Gasteiger partial charge in [0.15, 0.2) is 6.10 Å². The Morgan fingerprint density at radius 1 is 1.09 bits per heavy atom. The average Bonchev–Trinajstić information content (AvgIpc) is 3.00. The van der Waals surface area contributed by atoms with E-state index in [4.69, 9.17) is 25.8 Å². The molecule has 9 heteroatoms. The van der Waals surface area contributed by atoms with E-state index >= 15 is 0 Å².